The quantitative estimate of drug-likeness (QED) is 0.641. The number of rotatable bonds is 5. The average Bonchev–Trinajstić information content (AvgIpc) is 3.26. The van der Waals surface area contributed by atoms with Crippen molar-refractivity contribution < 1.29 is 8.42 Å². The summed E-state index contributed by atoms with van der Waals surface area (Å²) in [6.45, 7) is 2.98. The maximum Gasteiger partial charge on any atom is 0.243 e. The molecular weight excluding hydrogens is 408 g/mol. The summed E-state index contributed by atoms with van der Waals surface area (Å²) in [5, 5.41) is 12.3. The fourth-order valence-corrected chi connectivity index (χ4v) is 5.23. The number of anilines is 2. The summed E-state index contributed by atoms with van der Waals surface area (Å²) in [5.74, 6) is 0.591. The Morgan fingerprint density at radius 1 is 0.966 bits per heavy atom. The van der Waals surface area contributed by atoms with Crippen LogP contribution in [0.2, 0.25) is 5.02 Å². The van der Waals surface area contributed by atoms with Gasteiger partial charge in [-0.05, 0) is 67.8 Å². The summed E-state index contributed by atoms with van der Waals surface area (Å²) in [6, 6.07) is 16.3. The predicted octanol–water partition coefficient (Wildman–Crippen LogP) is 4.63. The Morgan fingerprint density at radius 3 is 2.34 bits per heavy atom. The number of nitrogens with one attached hydrogen (secondary N) is 1. The maximum absolute atomic E-state index is 13.0. The van der Waals surface area contributed by atoms with E-state index in [0.29, 0.717) is 34.5 Å². The van der Waals surface area contributed by atoms with Gasteiger partial charge in [0.15, 0.2) is 5.82 Å². The van der Waals surface area contributed by atoms with Crippen LogP contribution in [0.5, 0.6) is 0 Å². The van der Waals surface area contributed by atoms with Crippen LogP contribution in [0.3, 0.4) is 0 Å². The summed E-state index contributed by atoms with van der Waals surface area (Å²) >= 11 is 5.90. The molecule has 0 unspecified atom stereocenters. The zero-order valence-electron chi connectivity index (χ0n) is 16.0. The molecule has 1 N–H and O–H groups in total. The molecule has 2 heterocycles. The van der Waals surface area contributed by atoms with E-state index in [2.05, 4.69) is 15.5 Å². The van der Waals surface area contributed by atoms with Gasteiger partial charge in [0.1, 0.15) is 0 Å². The van der Waals surface area contributed by atoms with Crippen molar-refractivity contribution >= 4 is 33.1 Å². The van der Waals surface area contributed by atoms with Crippen LogP contribution < -0.4 is 5.32 Å². The summed E-state index contributed by atoms with van der Waals surface area (Å²) in [7, 11) is -3.49. The van der Waals surface area contributed by atoms with Gasteiger partial charge in [0.25, 0.3) is 0 Å². The van der Waals surface area contributed by atoms with Crippen LogP contribution in [0.15, 0.2) is 59.5 Å². The lowest BCUT2D eigenvalue weighted by Crippen LogP contribution is -2.28. The summed E-state index contributed by atoms with van der Waals surface area (Å²) < 4.78 is 27.5. The van der Waals surface area contributed by atoms with Gasteiger partial charge in [0, 0.05) is 29.4 Å². The van der Waals surface area contributed by atoms with Gasteiger partial charge in [0.2, 0.25) is 10.0 Å². The lowest BCUT2D eigenvalue weighted by atomic mass is 10.1. The van der Waals surface area contributed by atoms with Crippen LogP contribution in [0.1, 0.15) is 18.4 Å². The number of aromatic nitrogens is 2. The Labute approximate surface area is 175 Å². The minimum atomic E-state index is -3.49. The van der Waals surface area contributed by atoms with Gasteiger partial charge in [-0.2, -0.15) is 4.31 Å². The fourth-order valence-electron chi connectivity index (χ4n) is 3.34. The fraction of sp³-hybridized carbons (Fsp3) is 0.238. The second-order valence-electron chi connectivity index (χ2n) is 7.03. The Morgan fingerprint density at radius 2 is 1.69 bits per heavy atom. The number of sulfonamides is 1. The van der Waals surface area contributed by atoms with Crippen molar-refractivity contribution in [1.29, 1.82) is 0 Å². The molecule has 150 valence electrons. The summed E-state index contributed by atoms with van der Waals surface area (Å²) in [4.78, 5) is 0.335. The number of hydrogen-bond donors (Lipinski definition) is 1. The molecule has 0 aliphatic carbocycles. The van der Waals surface area contributed by atoms with Gasteiger partial charge in [-0.25, -0.2) is 8.42 Å². The van der Waals surface area contributed by atoms with E-state index in [1.807, 2.05) is 43.3 Å². The third-order valence-electron chi connectivity index (χ3n) is 4.95. The van der Waals surface area contributed by atoms with E-state index >= 15 is 0 Å². The molecular formula is C21H21ClN4O2S. The third-order valence-corrected chi connectivity index (χ3v) is 7.24. The Balaban J connectivity index is 1.59. The first-order valence-corrected chi connectivity index (χ1v) is 11.2. The van der Waals surface area contributed by atoms with E-state index in [0.717, 1.165) is 29.7 Å². The third kappa shape index (κ3) is 4.27. The van der Waals surface area contributed by atoms with Gasteiger partial charge in [0.05, 0.1) is 10.6 Å². The first kappa shape index (κ1) is 19.8. The summed E-state index contributed by atoms with van der Waals surface area (Å²) in [5.41, 5.74) is 2.92. The Kier molecular flexibility index (Phi) is 5.54. The van der Waals surface area contributed by atoms with E-state index in [1.165, 1.54) is 0 Å². The first-order chi connectivity index (χ1) is 13.9. The van der Waals surface area contributed by atoms with E-state index in [9.17, 15) is 8.42 Å². The van der Waals surface area contributed by atoms with Crippen molar-refractivity contribution in [2.75, 3.05) is 18.4 Å². The molecule has 3 aromatic rings. The van der Waals surface area contributed by atoms with Gasteiger partial charge in [-0.3, -0.25) is 0 Å². The molecule has 0 radical (unpaired) electrons. The van der Waals surface area contributed by atoms with E-state index in [1.54, 1.807) is 22.5 Å². The predicted molar refractivity (Wildman–Crippen MR) is 115 cm³/mol. The van der Waals surface area contributed by atoms with Crippen molar-refractivity contribution in [1.82, 2.24) is 14.5 Å². The number of hydrogen-bond acceptors (Lipinski definition) is 5. The van der Waals surface area contributed by atoms with Crippen molar-refractivity contribution in [2.45, 2.75) is 24.7 Å². The average molecular weight is 429 g/mol. The highest BCUT2D eigenvalue weighted by atomic mass is 35.5. The van der Waals surface area contributed by atoms with Crippen LogP contribution in [0, 0.1) is 6.92 Å². The lowest BCUT2D eigenvalue weighted by Gasteiger charge is -2.17. The lowest BCUT2D eigenvalue weighted by molar-refractivity contribution is 0.477. The molecule has 0 spiro atoms. The van der Waals surface area contributed by atoms with Crippen LogP contribution in [-0.2, 0) is 10.0 Å². The van der Waals surface area contributed by atoms with Crippen molar-refractivity contribution in [3.8, 4) is 11.3 Å². The molecule has 8 heteroatoms. The number of benzene rings is 2. The molecule has 1 aliphatic rings. The SMILES string of the molecule is Cc1ccc(-c2ccc(Nc3ccc(Cl)cc3)nn2)cc1S(=O)(=O)N1CCCC1. The molecule has 0 bridgehead atoms. The van der Waals surface area contributed by atoms with E-state index < -0.39 is 10.0 Å². The van der Waals surface area contributed by atoms with Crippen molar-refractivity contribution in [2.24, 2.45) is 0 Å². The number of aryl methyl sites for hydroxylation is 1. The maximum atomic E-state index is 13.0. The Hall–Kier alpha value is -2.48. The van der Waals surface area contributed by atoms with E-state index in [4.69, 9.17) is 11.6 Å². The van der Waals surface area contributed by atoms with E-state index in [-0.39, 0.29) is 0 Å². The topological polar surface area (TPSA) is 75.2 Å². The van der Waals surface area contributed by atoms with Crippen LogP contribution in [-0.4, -0.2) is 36.0 Å². The molecule has 0 saturated carbocycles. The normalized spacial score (nSPS) is 14.8. The molecule has 1 fully saturated rings. The Bertz CT molecular complexity index is 1110. The second-order valence-corrected chi connectivity index (χ2v) is 9.37. The highest BCUT2D eigenvalue weighted by Gasteiger charge is 2.28. The molecule has 4 rings (SSSR count). The standard InChI is InChI=1S/C21H21ClN4O2S/c1-15-4-5-16(14-20(15)29(27,28)26-12-2-3-13-26)19-10-11-21(25-24-19)23-18-8-6-17(22)7-9-18/h4-11,14H,2-3,12-13H2,1H3,(H,23,25). The molecule has 2 aromatic carbocycles. The van der Waals surface area contributed by atoms with Crippen LogP contribution in [0.4, 0.5) is 11.5 Å². The molecule has 0 atom stereocenters. The molecule has 6 nitrogen and oxygen atoms in total. The van der Waals surface area contributed by atoms with Gasteiger partial charge in [-0.1, -0.05) is 23.7 Å². The summed E-state index contributed by atoms with van der Waals surface area (Å²) in [6.07, 6.45) is 1.82. The van der Waals surface area contributed by atoms with Crippen LogP contribution >= 0.6 is 11.6 Å². The van der Waals surface area contributed by atoms with Crippen LogP contribution in [0.25, 0.3) is 11.3 Å². The number of nitrogens with zero attached hydrogens (tertiary/aromatic N) is 3. The highest BCUT2D eigenvalue weighted by Crippen LogP contribution is 2.28. The first-order valence-electron chi connectivity index (χ1n) is 9.41. The van der Waals surface area contributed by atoms with Gasteiger partial charge in [-0.15, -0.1) is 10.2 Å². The van der Waals surface area contributed by atoms with Crippen molar-refractivity contribution in [3.63, 3.8) is 0 Å². The zero-order valence-corrected chi connectivity index (χ0v) is 17.5. The minimum Gasteiger partial charge on any atom is -0.339 e. The smallest absolute Gasteiger partial charge is 0.243 e. The van der Waals surface area contributed by atoms with Gasteiger partial charge < -0.3 is 5.32 Å². The van der Waals surface area contributed by atoms with Crippen molar-refractivity contribution in [3.05, 3.63) is 65.2 Å². The molecule has 1 saturated heterocycles. The highest BCUT2D eigenvalue weighted by molar-refractivity contribution is 7.89. The van der Waals surface area contributed by atoms with Gasteiger partial charge >= 0.3 is 0 Å². The second kappa shape index (κ2) is 8.10. The largest absolute Gasteiger partial charge is 0.339 e. The number of halogens is 1. The minimum absolute atomic E-state index is 0.335. The molecule has 0 amide bonds. The molecule has 1 aliphatic heterocycles. The monoisotopic (exact) mass is 428 g/mol. The zero-order chi connectivity index (χ0) is 20.4. The molecule has 1 aromatic heterocycles. The molecule has 29 heavy (non-hydrogen) atoms.